The van der Waals surface area contributed by atoms with Crippen LogP contribution in [0.15, 0.2) is 0 Å². The second kappa shape index (κ2) is 5.19. The average Bonchev–Trinajstić information content (AvgIpc) is 2.18. The summed E-state index contributed by atoms with van der Waals surface area (Å²) in [6.45, 7) is 4.62. The lowest BCUT2D eigenvalue weighted by Gasteiger charge is -2.32. The van der Waals surface area contributed by atoms with Crippen molar-refractivity contribution < 1.29 is 9.53 Å². The highest BCUT2D eigenvalue weighted by molar-refractivity contribution is 5.76. The Morgan fingerprint density at radius 3 is 3.08 bits per heavy atom. The number of nitrogens with zero attached hydrogens (tertiary/aromatic N) is 1. The van der Waals surface area contributed by atoms with Gasteiger partial charge in [0.2, 0.25) is 5.91 Å². The van der Waals surface area contributed by atoms with Crippen molar-refractivity contribution in [3.05, 3.63) is 0 Å². The molecule has 1 amide bonds. The van der Waals surface area contributed by atoms with E-state index < -0.39 is 0 Å². The van der Waals surface area contributed by atoms with Gasteiger partial charge in [-0.1, -0.05) is 6.92 Å². The Morgan fingerprint density at radius 1 is 1.69 bits per heavy atom. The zero-order valence-electron chi connectivity index (χ0n) is 8.16. The Balaban J connectivity index is 2.37. The molecule has 0 saturated carbocycles. The minimum absolute atomic E-state index is 0.157. The summed E-state index contributed by atoms with van der Waals surface area (Å²) in [7, 11) is 0. The Kier molecular flexibility index (Phi) is 4.18. The van der Waals surface area contributed by atoms with Gasteiger partial charge in [0, 0.05) is 26.1 Å². The van der Waals surface area contributed by atoms with E-state index >= 15 is 0 Å². The van der Waals surface area contributed by atoms with Crippen molar-refractivity contribution in [3.63, 3.8) is 0 Å². The lowest BCUT2D eigenvalue weighted by Crippen LogP contribution is -2.45. The topological polar surface area (TPSA) is 55.6 Å². The van der Waals surface area contributed by atoms with E-state index in [9.17, 15) is 4.79 Å². The molecule has 1 atom stereocenters. The van der Waals surface area contributed by atoms with Crippen LogP contribution in [-0.2, 0) is 9.53 Å². The van der Waals surface area contributed by atoms with Crippen LogP contribution in [0.2, 0.25) is 0 Å². The first-order valence-corrected chi connectivity index (χ1v) is 4.87. The summed E-state index contributed by atoms with van der Waals surface area (Å²) >= 11 is 0. The lowest BCUT2D eigenvalue weighted by atomic mass is 10.2. The van der Waals surface area contributed by atoms with E-state index in [1.165, 1.54) is 0 Å². The maximum atomic E-state index is 11.4. The van der Waals surface area contributed by atoms with Crippen LogP contribution in [0, 0.1) is 0 Å². The Hall–Kier alpha value is -0.610. The summed E-state index contributed by atoms with van der Waals surface area (Å²) in [4.78, 5) is 13.3. The van der Waals surface area contributed by atoms with Crippen LogP contribution in [-0.4, -0.2) is 43.2 Å². The molecule has 0 aromatic rings. The molecule has 1 aliphatic heterocycles. The van der Waals surface area contributed by atoms with E-state index in [1.807, 2.05) is 4.90 Å². The molecular formula is C9H18N2O2. The molecule has 13 heavy (non-hydrogen) atoms. The summed E-state index contributed by atoms with van der Waals surface area (Å²) in [6, 6.07) is 0. The largest absolute Gasteiger partial charge is 0.375 e. The smallest absolute Gasteiger partial charge is 0.224 e. The molecule has 1 unspecified atom stereocenters. The van der Waals surface area contributed by atoms with E-state index in [-0.39, 0.29) is 12.0 Å². The molecule has 0 spiro atoms. The molecule has 0 radical (unpaired) electrons. The number of rotatable bonds is 3. The molecule has 2 N–H and O–H groups in total. The molecule has 0 aliphatic carbocycles. The van der Waals surface area contributed by atoms with Gasteiger partial charge in [-0.15, -0.1) is 0 Å². The van der Waals surface area contributed by atoms with Gasteiger partial charge in [0.25, 0.3) is 0 Å². The van der Waals surface area contributed by atoms with Crippen molar-refractivity contribution >= 4 is 5.91 Å². The molecule has 1 rings (SSSR count). The van der Waals surface area contributed by atoms with E-state index in [2.05, 4.69) is 6.92 Å². The van der Waals surface area contributed by atoms with Crippen molar-refractivity contribution in [3.8, 4) is 0 Å². The maximum Gasteiger partial charge on any atom is 0.224 e. The molecule has 0 bridgehead atoms. The van der Waals surface area contributed by atoms with E-state index in [4.69, 9.17) is 10.5 Å². The van der Waals surface area contributed by atoms with Gasteiger partial charge < -0.3 is 15.4 Å². The van der Waals surface area contributed by atoms with Gasteiger partial charge >= 0.3 is 0 Å². The molecule has 4 nitrogen and oxygen atoms in total. The average molecular weight is 186 g/mol. The van der Waals surface area contributed by atoms with Gasteiger partial charge in [-0.3, -0.25) is 4.79 Å². The van der Waals surface area contributed by atoms with Crippen LogP contribution in [0.1, 0.15) is 19.8 Å². The molecule has 1 heterocycles. The fourth-order valence-electron chi connectivity index (χ4n) is 1.47. The number of carbonyl (C=O) groups is 1. The van der Waals surface area contributed by atoms with Gasteiger partial charge in [-0.2, -0.15) is 0 Å². The molecule has 0 aromatic heterocycles. The predicted molar refractivity (Wildman–Crippen MR) is 50.3 cm³/mol. The van der Waals surface area contributed by atoms with Gasteiger partial charge in [0.1, 0.15) is 0 Å². The van der Waals surface area contributed by atoms with Crippen molar-refractivity contribution in [2.75, 3.05) is 26.2 Å². The number of carbonyl (C=O) groups excluding carboxylic acids is 1. The fourth-order valence-corrected chi connectivity index (χ4v) is 1.47. The van der Waals surface area contributed by atoms with Crippen molar-refractivity contribution in [2.24, 2.45) is 5.73 Å². The highest BCUT2D eigenvalue weighted by atomic mass is 16.5. The van der Waals surface area contributed by atoms with Crippen LogP contribution < -0.4 is 5.73 Å². The van der Waals surface area contributed by atoms with Crippen molar-refractivity contribution in [1.82, 2.24) is 4.90 Å². The number of hydrogen-bond acceptors (Lipinski definition) is 3. The minimum Gasteiger partial charge on any atom is -0.375 e. The first-order chi connectivity index (χ1) is 6.27. The number of nitrogens with two attached hydrogens (primary N) is 1. The molecular weight excluding hydrogens is 168 g/mol. The second-order valence-electron chi connectivity index (χ2n) is 3.28. The Morgan fingerprint density at radius 2 is 2.46 bits per heavy atom. The molecule has 1 fully saturated rings. The van der Waals surface area contributed by atoms with Gasteiger partial charge in [-0.25, -0.2) is 0 Å². The SMILES string of the molecule is CCC1CN(C(=O)CCN)CCO1. The molecule has 1 aliphatic rings. The van der Waals surface area contributed by atoms with Crippen LogP contribution in [0.5, 0.6) is 0 Å². The first-order valence-electron chi connectivity index (χ1n) is 4.87. The summed E-state index contributed by atoms with van der Waals surface area (Å²) in [5.74, 6) is 0.157. The Labute approximate surface area is 79.0 Å². The lowest BCUT2D eigenvalue weighted by molar-refractivity contribution is -0.138. The van der Waals surface area contributed by atoms with Crippen LogP contribution >= 0.6 is 0 Å². The number of amides is 1. The van der Waals surface area contributed by atoms with E-state index in [0.717, 1.165) is 19.5 Å². The van der Waals surface area contributed by atoms with E-state index in [0.29, 0.717) is 19.6 Å². The monoisotopic (exact) mass is 186 g/mol. The Bertz CT molecular complexity index is 173. The number of ether oxygens (including phenoxy) is 1. The zero-order valence-corrected chi connectivity index (χ0v) is 8.16. The summed E-state index contributed by atoms with van der Waals surface area (Å²) < 4.78 is 5.46. The number of morpholine rings is 1. The van der Waals surface area contributed by atoms with Crippen LogP contribution in [0.4, 0.5) is 0 Å². The highest BCUT2D eigenvalue weighted by Crippen LogP contribution is 2.08. The third-order valence-corrected chi connectivity index (χ3v) is 2.31. The van der Waals surface area contributed by atoms with E-state index in [1.54, 1.807) is 0 Å². The van der Waals surface area contributed by atoms with Crippen molar-refractivity contribution in [1.29, 1.82) is 0 Å². The van der Waals surface area contributed by atoms with Gasteiger partial charge in [-0.05, 0) is 6.42 Å². The first kappa shape index (κ1) is 10.5. The summed E-state index contributed by atoms with van der Waals surface area (Å²) in [5.41, 5.74) is 5.32. The zero-order chi connectivity index (χ0) is 9.68. The molecule has 76 valence electrons. The second-order valence-corrected chi connectivity index (χ2v) is 3.28. The van der Waals surface area contributed by atoms with Gasteiger partial charge in [0.05, 0.1) is 12.7 Å². The third-order valence-electron chi connectivity index (χ3n) is 2.31. The third kappa shape index (κ3) is 2.97. The fraction of sp³-hybridized carbons (Fsp3) is 0.889. The molecule has 4 heteroatoms. The maximum absolute atomic E-state index is 11.4. The molecule has 0 aromatic carbocycles. The summed E-state index contributed by atoms with van der Waals surface area (Å²) in [5, 5.41) is 0. The highest BCUT2D eigenvalue weighted by Gasteiger charge is 2.21. The summed E-state index contributed by atoms with van der Waals surface area (Å²) in [6.07, 6.45) is 1.64. The van der Waals surface area contributed by atoms with Crippen LogP contribution in [0.3, 0.4) is 0 Å². The quantitative estimate of drug-likeness (QED) is 0.673. The standard InChI is InChI=1S/C9H18N2O2/c1-2-8-7-11(5-6-13-8)9(12)3-4-10/h8H,2-7,10H2,1H3. The van der Waals surface area contributed by atoms with Crippen LogP contribution in [0.25, 0.3) is 0 Å². The predicted octanol–water partition coefficient (Wildman–Crippen LogP) is -0.0274. The minimum atomic E-state index is 0.157. The van der Waals surface area contributed by atoms with Crippen molar-refractivity contribution in [2.45, 2.75) is 25.9 Å². The van der Waals surface area contributed by atoms with Gasteiger partial charge in [0.15, 0.2) is 0 Å². The normalized spacial score (nSPS) is 23.2. The molecule has 1 saturated heterocycles. The number of hydrogen-bond donors (Lipinski definition) is 1.